The molecule has 2 aliphatic heterocycles. The average Bonchev–Trinajstić information content (AvgIpc) is 3.42. The lowest BCUT2D eigenvalue weighted by Crippen LogP contribution is -2.44. The predicted octanol–water partition coefficient (Wildman–Crippen LogP) is 3.28. The molecule has 0 aliphatic carbocycles. The molecule has 35 heavy (non-hydrogen) atoms. The monoisotopic (exact) mass is 476 g/mol. The van der Waals surface area contributed by atoms with E-state index in [1.165, 1.54) is 6.07 Å². The lowest BCUT2D eigenvalue weighted by atomic mass is 9.98. The molecule has 0 radical (unpaired) electrons. The number of hydrogen-bond donors (Lipinski definition) is 1. The summed E-state index contributed by atoms with van der Waals surface area (Å²) in [5.74, 6) is -1.92. The number of nitrogens with one attached hydrogen (secondary N) is 1. The Labute approximate surface area is 199 Å². The Morgan fingerprint density at radius 3 is 2.86 bits per heavy atom. The maximum atomic E-state index is 14.2. The molecule has 0 spiro atoms. The normalized spacial score (nSPS) is 17.6. The Kier molecular flexibility index (Phi) is 4.91. The van der Waals surface area contributed by atoms with Crippen molar-refractivity contribution in [1.29, 1.82) is 0 Å². The maximum absolute atomic E-state index is 14.2. The van der Waals surface area contributed by atoms with Gasteiger partial charge in [-0.25, -0.2) is 8.78 Å². The molecule has 0 saturated carbocycles. The number of amides is 2. The zero-order valence-electron chi connectivity index (χ0n) is 19.0. The Bertz CT molecular complexity index is 1480. The molecule has 0 bridgehead atoms. The molecule has 8 nitrogen and oxygen atoms in total. The zero-order chi connectivity index (χ0) is 24.3. The number of nitrogens with zero attached hydrogens (tertiary/aromatic N) is 5. The van der Waals surface area contributed by atoms with E-state index < -0.39 is 11.6 Å². The highest BCUT2D eigenvalue weighted by atomic mass is 19.1. The molecular weight excluding hydrogens is 454 g/mol. The van der Waals surface area contributed by atoms with E-state index in [2.05, 4.69) is 15.1 Å². The molecule has 1 N–H and O–H groups in total. The van der Waals surface area contributed by atoms with Gasteiger partial charge < -0.3 is 14.8 Å². The molecule has 5 heterocycles. The first kappa shape index (κ1) is 21.5. The van der Waals surface area contributed by atoms with Crippen LogP contribution in [0, 0.1) is 11.6 Å². The van der Waals surface area contributed by atoms with Crippen LogP contribution in [0.25, 0.3) is 10.9 Å². The third kappa shape index (κ3) is 3.56. The number of carbonyl (C=O) groups is 2. The number of H-pyrrole nitrogens is 1. The van der Waals surface area contributed by atoms with E-state index in [-0.39, 0.29) is 41.0 Å². The Morgan fingerprint density at radius 1 is 1.20 bits per heavy atom. The lowest BCUT2D eigenvalue weighted by molar-refractivity contribution is 0.0633. The number of pyridine rings is 1. The standard InChI is InChI=1S/C25H22F2N6O2/c1-14-8-21-18(13-32(14)24(34)22-11-17-19(27)9-15(26)10-20(17)29-22)23-25(35)31(6-7-33(23)30-21)12-16-4-2-3-5-28-16/h2-5,9-11,14,29H,6-8,12-13H2,1H3/t14-/m1/s1. The van der Waals surface area contributed by atoms with Crippen LogP contribution >= 0.6 is 0 Å². The highest BCUT2D eigenvalue weighted by Crippen LogP contribution is 2.30. The van der Waals surface area contributed by atoms with Crippen molar-refractivity contribution < 1.29 is 18.4 Å². The van der Waals surface area contributed by atoms with Crippen LogP contribution in [0.1, 0.15) is 44.9 Å². The third-order valence-electron chi connectivity index (χ3n) is 6.78. The number of aromatic amines is 1. The molecule has 3 aromatic heterocycles. The van der Waals surface area contributed by atoms with Gasteiger partial charge in [-0.15, -0.1) is 0 Å². The van der Waals surface area contributed by atoms with Crippen LogP contribution in [0.15, 0.2) is 42.6 Å². The molecule has 0 fully saturated rings. The molecule has 0 saturated heterocycles. The van der Waals surface area contributed by atoms with Gasteiger partial charge in [-0.1, -0.05) is 6.07 Å². The second kappa shape index (κ2) is 8.00. The summed E-state index contributed by atoms with van der Waals surface area (Å²) in [5, 5.41) is 4.83. The van der Waals surface area contributed by atoms with E-state index in [1.807, 2.05) is 25.1 Å². The van der Waals surface area contributed by atoms with E-state index >= 15 is 0 Å². The number of halogens is 2. The van der Waals surface area contributed by atoms with E-state index in [0.717, 1.165) is 29.1 Å². The molecule has 178 valence electrons. The fraction of sp³-hybridized carbons (Fsp3) is 0.280. The zero-order valence-corrected chi connectivity index (χ0v) is 19.0. The van der Waals surface area contributed by atoms with Gasteiger partial charge in [0, 0.05) is 42.2 Å². The molecule has 1 atom stereocenters. The summed E-state index contributed by atoms with van der Waals surface area (Å²) in [6.45, 7) is 3.61. The molecular formula is C25H22F2N6O2. The summed E-state index contributed by atoms with van der Waals surface area (Å²) in [5.41, 5.74) is 3.24. The van der Waals surface area contributed by atoms with Gasteiger partial charge in [-0.05, 0) is 31.2 Å². The Hall–Kier alpha value is -4.08. The number of rotatable bonds is 3. The topological polar surface area (TPSA) is 87.1 Å². The molecule has 0 unspecified atom stereocenters. The van der Waals surface area contributed by atoms with Crippen LogP contribution in [-0.4, -0.2) is 53.9 Å². The molecule has 4 aromatic rings. The number of benzene rings is 1. The van der Waals surface area contributed by atoms with Crippen molar-refractivity contribution in [1.82, 2.24) is 29.5 Å². The number of fused-ring (bicyclic) bond motifs is 4. The Morgan fingerprint density at radius 2 is 2.06 bits per heavy atom. The van der Waals surface area contributed by atoms with Crippen molar-refractivity contribution in [3.63, 3.8) is 0 Å². The van der Waals surface area contributed by atoms with Gasteiger partial charge in [-0.3, -0.25) is 19.3 Å². The SMILES string of the molecule is C[C@@H]1Cc2nn3c(c2CN1C(=O)c1cc2c(F)cc(F)cc2[nH]1)C(=O)N(Cc1ccccn1)CC3. The maximum Gasteiger partial charge on any atom is 0.272 e. The summed E-state index contributed by atoms with van der Waals surface area (Å²) in [4.78, 5) is 37.4. The van der Waals surface area contributed by atoms with E-state index in [1.54, 1.807) is 20.7 Å². The number of hydrogen-bond acceptors (Lipinski definition) is 4. The van der Waals surface area contributed by atoms with Crippen molar-refractivity contribution in [3.8, 4) is 0 Å². The third-order valence-corrected chi connectivity index (χ3v) is 6.78. The molecule has 6 rings (SSSR count). The molecule has 10 heteroatoms. The van der Waals surface area contributed by atoms with Gasteiger partial charge in [-0.2, -0.15) is 5.10 Å². The fourth-order valence-corrected chi connectivity index (χ4v) is 5.00. The van der Waals surface area contributed by atoms with E-state index in [9.17, 15) is 18.4 Å². The van der Waals surface area contributed by atoms with Crippen molar-refractivity contribution in [2.75, 3.05) is 6.54 Å². The van der Waals surface area contributed by atoms with Crippen LogP contribution in [0.4, 0.5) is 8.78 Å². The van der Waals surface area contributed by atoms with Gasteiger partial charge >= 0.3 is 0 Å². The Balaban J connectivity index is 1.30. The van der Waals surface area contributed by atoms with Crippen molar-refractivity contribution in [2.24, 2.45) is 0 Å². The highest BCUT2D eigenvalue weighted by Gasteiger charge is 2.37. The minimum absolute atomic E-state index is 0.138. The molecule has 2 amide bonds. The number of aromatic nitrogens is 4. The minimum atomic E-state index is -0.728. The quantitative estimate of drug-likeness (QED) is 0.492. The first-order valence-corrected chi connectivity index (χ1v) is 11.5. The lowest BCUT2D eigenvalue weighted by Gasteiger charge is -2.33. The van der Waals surface area contributed by atoms with Crippen molar-refractivity contribution >= 4 is 22.7 Å². The van der Waals surface area contributed by atoms with Crippen molar-refractivity contribution in [3.05, 3.63) is 82.6 Å². The van der Waals surface area contributed by atoms with Crippen LogP contribution in [-0.2, 0) is 26.1 Å². The predicted molar refractivity (Wildman–Crippen MR) is 122 cm³/mol. The second-order valence-electron chi connectivity index (χ2n) is 9.06. The summed E-state index contributed by atoms with van der Waals surface area (Å²) < 4.78 is 29.5. The van der Waals surface area contributed by atoms with Crippen LogP contribution in [0.3, 0.4) is 0 Å². The van der Waals surface area contributed by atoms with Gasteiger partial charge in [0.25, 0.3) is 11.8 Å². The fourth-order valence-electron chi connectivity index (χ4n) is 5.00. The summed E-state index contributed by atoms with van der Waals surface area (Å²) in [6.07, 6.45) is 2.20. The van der Waals surface area contributed by atoms with Gasteiger partial charge in [0.05, 0.1) is 36.5 Å². The smallest absolute Gasteiger partial charge is 0.272 e. The molecule has 1 aromatic carbocycles. The largest absolute Gasteiger partial charge is 0.350 e. The summed E-state index contributed by atoms with van der Waals surface area (Å²) in [6, 6.07) is 8.78. The first-order valence-electron chi connectivity index (χ1n) is 11.5. The second-order valence-corrected chi connectivity index (χ2v) is 9.06. The van der Waals surface area contributed by atoms with Crippen LogP contribution < -0.4 is 0 Å². The van der Waals surface area contributed by atoms with E-state index in [4.69, 9.17) is 0 Å². The summed E-state index contributed by atoms with van der Waals surface area (Å²) >= 11 is 0. The van der Waals surface area contributed by atoms with Crippen LogP contribution in [0.5, 0.6) is 0 Å². The molecule has 2 aliphatic rings. The average molecular weight is 476 g/mol. The highest BCUT2D eigenvalue weighted by molar-refractivity contribution is 5.99. The van der Waals surface area contributed by atoms with Gasteiger partial charge in [0.15, 0.2) is 0 Å². The first-order chi connectivity index (χ1) is 16.9. The summed E-state index contributed by atoms with van der Waals surface area (Å²) in [7, 11) is 0. The van der Waals surface area contributed by atoms with Crippen LogP contribution in [0.2, 0.25) is 0 Å². The number of carbonyl (C=O) groups excluding carboxylic acids is 2. The van der Waals surface area contributed by atoms with Gasteiger partial charge in [0.1, 0.15) is 23.0 Å². The minimum Gasteiger partial charge on any atom is -0.350 e. The van der Waals surface area contributed by atoms with Gasteiger partial charge in [0.2, 0.25) is 0 Å². The van der Waals surface area contributed by atoms with Crippen molar-refractivity contribution in [2.45, 2.75) is 39.0 Å². The van der Waals surface area contributed by atoms with E-state index in [0.29, 0.717) is 31.7 Å².